The standard InChI is InChI=1S/C62H109N2O7P/c1-7-10-13-16-19-22-25-28-30-31-32-33-35-36-39-42-45-48-51-54-61(65)63-59(58-70-72(67,68)69-57-56-64(4,5)6)60(53-50-47-44-41-38-27-24-21-18-15-12-9-3)71-62(66)55-52-49-46-43-40-37-34-29-26-23-20-17-14-11-8-2/h10,13,19,22-23,26,28,30,32-33,36,39,45,48,50,53,59-60H,7-9,11-12,14-18,20-21,24-25,27,29,31,34-35,37-38,40-44,46-47,49,51-52,54-58H2,1-6H3,(H-,63,65,67,68)/b13-10-,22-19-,26-23-,30-28-,33-32-,39-36-,48-45-,53-50-. The lowest BCUT2D eigenvalue weighted by atomic mass is 10.1. The number of likely N-dealkylation sites (N-methyl/N-ethyl adjacent to an activating group) is 1. The largest absolute Gasteiger partial charge is 0.756 e. The Balaban J connectivity index is 5.47. The van der Waals surface area contributed by atoms with Crippen LogP contribution in [0.1, 0.15) is 233 Å². The monoisotopic (exact) mass is 1020 g/mol. The van der Waals surface area contributed by atoms with Gasteiger partial charge in [0.1, 0.15) is 19.3 Å². The summed E-state index contributed by atoms with van der Waals surface area (Å²) in [5.41, 5.74) is 0. The molecule has 3 atom stereocenters. The van der Waals surface area contributed by atoms with Crippen LogP contribution < -0.4 is 10.2 Å². The molecule has 10 heteroatoms. The maximum atomic E-state index is 13.5. The Kier molecular flexibility index (Phi) is 49.2. The lowest BCUT2D eigenvalue weighted by molar-refractivity contribution is -0.870. The van der Waals surface area contributed by atoms with Gasteiger partial charge in [0.05, 0.1) is 33.8 Å². The summed E-state index contributed by atoms with van der Waals surface area (Å²) in [6.45, 7) is 6.64. The molecule has 0 saturated heterocycles. The number of ether oxygens (including phenoxy) is 1. The van der Waals surface area contributed by atoms with E-state index in [2.05, 4.69) is 99.0 Å². The number of unbranched alkanes of at least 4 members (excludes halogenated alkanes) is 21. The fourth-order valence-corrected chi connectivity index (χ4v) is 8.50. The van der Waals surface area contributed by atoms with E-state index in [0.29, 0.717) is 23.9 Å². The second-order valence-corrected chi connectivity index (χ2v) is 21.8. The highest BCUT2D eigenvalue weighted by atomic mass is 31.2. The summed E-state index contributed by atoms with van der Waals surface area (Å²) in [5, 5.41) is 2.97. The molecule has 0 aliphatic carbocycles. The van der Waals surface area contributed by atoms with E-state index in [0.717, 1.165) is 83.5 Å². The number of nitrogens with one attached hydrogen (secondary N) is 1. The van der Waals surface area contributed by atoms with Crippen LogP contribution in [0.3, 0.4) is 0 Å². The third-order valence-corrected chi connectivity index (χ3v) is 13.2. The van der Waals surface area contributed by atoms with Crippen LogP contribution >= 0.6 is 7.82 Å². The molecule has 0 aromatic carbocycles. The van der Waals surface area contributed by atoms with Crippen LogP contribution in [-0.2, 0) is 27.9 Å². The number of phosphoric acid groups is 1. The first-order valence-corrected chi connectivity index (χ1v) is 30.5. The summed E-state index contributed by atoms with van der Waals surface area (Å²) in [6.07, 6.45) is 68.2. The number of amides is 1. The van der Waals surface area contributed by atoms with Crippen molar-refractivity contribution in [1.82, 2.24) is 5.32 Å². The van der Waals surface area contributed by atoms with Crippen molar-refractivity contribution in [3.8, 4) is 0 Å². The van der Waals surface area contributed by atoms with Gasteiger partial charge in [-0.2, -0.15) is 0 Å². The fourth-order valence-electron chi connectivity index (χ4n) is 7.77. The molecule has 3 unspecified atom stereocenters. The maximum absolute atomic E-state index is 13.5. The molecular weight excluding hydrogens is 916 g/mol. The lowest BCUT2D eigenvalue weighted by Gasteiger charge is -2.30. The van der Waals surface area contributed by atoms with E-state index in [1.54, 1.807) is 6.08 Å². The first-order valence-electron chi connectivity index (χ1n) is 29.0. The van der Waals surface area contributed by atoms with Crippen molar-refractivity contribution in [2.45, 2.75) is 245 Å². The summed E-state index contributed by atoms with van der Waals surface area (Å²) in [6, 6.07) is -0.934. The van der Waals surface area contributed by atoms with Crippen LogP contribution in [0.2, 0.25) is 0 Å². The first kappa shape index (κ1) is 68.9. The Morgan fingerprint density at radius 2 is 0.903 bits per heavy atom. The minimum absolute atomic E-state index is 0.0406. The average molecular weight is 1030 g/mol. The van der Waals surface area contributed by atoms with E-state index in [9.17, 15) is 19.0 Å². The summed E-state index contributed by atoms with van der Waals surface area (Å²) in [5.74, 6) is -0.649. The molecule has 414 valence electrons. The molecule has 0 spiro atoms. The van der Waals surface area contributed by atoms with Crippen molar-refractivity contribution in [3.63, 3.8) is 0 Å². The SMILES string of the molecule is CC/C=C\C/C=C\C/C=C\C/C=C\C/C=C\C/C=C\CCC(=O)NC(COP(=O)([O-])OCC[N+](C)(C)C)C(/C=C\CCCCCCCCCCCC)OC(=O)CCCCCCCCC/C=C\CCCCCC. The molecule has 0 saturated carbocycles. The highest BCUT2D eigenvalue weighted by Crippen LogP contribution is 2.38. The van der Waals surface area contributed by atoms with Crippen molar-refractivity contribution in [2.24, 2.45) is 0 Å². The number of esters is 1. The number of carbonyl (C=O) groups is 2. The fraction of sp³-hybridized carbons (Fsp3) is 0.710. The molecule has 9 nitrogen and oxygen atoms in total. The number of hydrogen-bond acceptors (Lipinski definition) is 7. The number of phosphoric ester groups is 1. The van der Waals surface area contributed by atoms with Crippen LogP contribution in [0.5, 0.6) is 0 Å². The van der Waals surface area contributed by atoms with Crippen molar-refractivity contribution < 1.29 is 37.3 Å². The van der Waals surface area contributed by atoms with Gasteiger partial charge in [-0.25, -0.2) is 0 Å². The summed E-state index contributed by atoms with van der Waals surface area (Å²) in [7, 11) is 1.12. The molecule has 1 N–H and O–H groups in total. The second-order valence-electron chi connectivity index (χ2n) is 20.4. The van der Waals surface area contributed by atoms with Gasteiger partial charge in [0, 0.05) is 12.8 Å². The maximum Gasteiger partial charge on any atom is 0.306 e. The van der Waals surface area contributed by atoms with Gasteiger partial charge in [-0.1, -0.05) is 221 Å². The number of quaternary nitrogens is 1. The van der Waals surface area contributed by atoms with Gasteiger partial charge < -0.3 is 28.5 Å². The normalized spacial score (nSPS) is 14.5. The van der Waals surface area contributed by atoms with E-state index in [4.69, 9.17) is 13.8 Å². The molecule has 0 radical (unpaired) electrons. The second kappa shape index (κ2) is 51.4. The number of allylic oxidation sites excluding steroid dienone is 15. The van der Waals surface area contributed by atoms with E-state index < -0.39 is 26.6 Å². The zero-order chi connectivity index (χ0) is 52.9. The molecular formula is C62H109N2O7P. The van der Waals surface area contributed by atoms with Gasteiger partial charge in [0.25, 0.3) is 7.82 Å². The third kappa shape index (κ3) is 51.8. The Morgan fingerprint density at radius 3 is 1.38 bits per heavy atom. The van der Waals surface area contributed by atoms with Crippen molar-refractivity contribution >= 4 is 19.7 Å². The zero-order valence-corrected chi connectivity index (χ0v) is 48.0. The molecule has 1 amide bonds. The van der Waals surface area contributed by atoms with Crippen LogP contribution in [0.4, 0.5) is 0 Å². The molecule has 0 heterocycles. The molecule has 0 bridgehead atoms. The predicted molar refractivity (Wildman–Crippen MR) is 307 cm³/mol. The molecule has 0 rings (SSSR count). The molecule has 0 fully saturated rings. The van der Waals surface area contributed by atoms with E-state index in [1.165, 1.54) is 103 Å². The minimum atomic E-state index is -4.72. The zero-order valence-electron chi connectivity index (χ0n) is 47.1. The molecule has 0 aliphatic heterocycles. The Hall–Kier alpha value is -3.07. The van der Waals surface area contributed by atoms with Crippen molar-refractivity contribution in [2.75, 3.05) is 40.9 Å². The average Bonchev–Trinajstić information content (AvgIpc) is 3.34. The van der Waals surface area contributed by atoms with E-state index in [-0.39, 0.29) is 31.3 Å². The van der Waals surface area contributed by atoms with Crippen molar-refractivity contribution in [1.29, 1.82) is 0 Å². The first-order chi connectivity index (χ1) is 34.9. The summed E-state index contributed by atoms with van der Waals surface area (Å²) >= 11 is 0. The molecule has 0 aromatic rings. The van der Waals surface area contributed by atoms with Crippen molar-refractivity contribution in [3.05, 3.63) is 97.2 Å². The third-order valence-electron chi connectivity index (χ3n) is 12.3. The summed E-state index contributed by atoms with van der Waals surface area (Å²) < 4.78 is 30.2. The Bertz CT molecular complexity index is 1560. The number of carbonyl (C=O) groups excluding carboxylic acids is 2. The van der Waals surface area contributed by atoms with Gasteiger partial charge in [-0.15, -0.1) is 0 Å². The molecule has 72 heavy (non-hydrogen) atoms. The number of hydrogen-bond donors (Lipinski definition) is 1. The van der Waals surface area contributed by atoms with Gasteiger partial charge in [-0.05, 0) is 96.0 Å². The van der Waals surface area contributed by atoms with Crippen LogP contribution in [0.15, 0.2) is 97.2 Å². The lowest BCUT2D eigenvalue weighted by Crippen LogP contribution is -2.47. The Labute approximate surface area is 443 Å². The van der Waals surface area contributed by atoms with Crippen LogP contribution in [0.25, 0.3) is 0 Å². The Morgan fingerprint density at radius 1 is 0.500 bits per heavy atom. The van der Waals surface area contributed by atoms with E-state index in [1.807, 2.05) is 39.4 Å². The number of nitrogens with zero attached hydrogens (tertiary/aromatic N) is 1. The van der Waals surface area contributed by atoms with E-state index >= 15 is 0 Å². The van der Waals surface area contributed by atoms with Gasteiger partial charge in [0.2, 0.25) is 5.91 Å². The minimum Gasteiger partial charge on any atom is -0.756 e. The molecule has 0 aliphatic rings. The predicted octanol–water partition coefficient (Wildman–Crippen LogP) is 17.0. The van der Waals surface area contributed by atoms with Crippen LogP contribution in [-0.4, -0.2) is 69.4 Å². The van der Waals surface area contributed by atoms with Gasteiger partial charge in [0.15, 0.2) is 0 Å². The van der Waals surface area contributed by atoms with Gasteiger partial charge in [-0.3, -0.25) is 14.2 Å². The quantitative estimate of drug-likeness (QED) is 0.0212. The highest BCUT2D eigenvalue weighted by molar-refractivity contribution is 7.45. The van der Waals surface area contributed by atoms with Crippen LogP contribution in [0, 0.1) is 0 Å². The smallest absolute Gasteiger partial charge is 0.306 e. The molecule has 0 aromatic heterocycles. The topological polar surface area (TPSA) is 114 Å². The summed E-state index contributed by atoms with van der Waals surface area (Å²) in [4.78, 5) is 39.8. The highest BCUT2D eigenvalue weighted by Gasteiger charge is 2.27. The van der Waals surface area contributed by atoms with Gasteiger partial charge >= 0.3 is 5.97 Å². The number of rotatable bonds is 51.